The highest BCUT2D eigenvalue weighted by Gasteiger charge is 2.19. The fraction of sp³-hybridized carbons (Fsp3) is 0.818. The van der Waals surface area contributed by atoms with Crippen molar-refractivity contribution in [1.29, 1.82) is 0 Å². The molecule has 0 saturated carbocycles. The number of aliphatic carboxylic acids is 1. The molecule has 1 unspecified atom stereocenters. The summed E-state index contributed by atoms with van der Waals surface area (Å²) in [5, 5.41) is 14.3. The largest absolute Gasteiger partial charge is 0.480 e. The van der Waals surface area contributed by atoms with Crippen LogP contribution in [0.1, 0.15) is 26.7 Å². The lowest BCUT2D eigenvalue weighted by Gasteiger charge is -2.15. The Hall–Kier alpha value is -1.14. The minimum atomic E-state index is -1.01. The molecule has 6 nitrogen and oxygen atoms in total. The maximum Gasteiger partial charge on any atom is 0.326 e. The van der Waals surface area contributed by atoms with E-state index in [1.807, 2.05) is 13.8 Å². The topological polar surface area (TPSA) is 87.7 Å². The maximum absolute atomic E-state index is 11.4. The summed E-state index contributed by atoms with van der Waals surface area (Å²) in [4.78, 5) is 22.3. The van der Waals surface area contributed by atoms with Gasteiger partial charge in [-0.3, -0.25) is 4.79 Å². The Morgan fingerprint density at radius 3 is 2.47 bits per heavy atom. The first-order valence-corrected chi connectivity index (χ1v) is 5.71. The third kappa shape index (κ3) is 8.65. The van der Waals surface area contributed by atoms with Crippen LogP contribution in [0.15, 0.2) is 0 Å². The molecule has 1 atom stereocenters. The standard InChI is InChI=1S/C11H22N2O4/c1-8(2)12-7-10(14)13-9(11(15)16)5-4-6-17-3/h8-9,12H,4-7H2,1-3H3,(H,13,14)(H,15,16). The van der Waals surface area contributed by atoms with Crippen LogP contribution in [0.3, 0.4) is 0 Å². The molecule has 0 bridgehead atoms. The molecule has 0 aliphatic rings. The zero-order chi connectivity index (χ0) is 13.3. The molecule has 0 saturated heterocycles. The van der Waals surface area contributed by atoms with Gasteiger partial charge in [0.05, 0.1) is 6.54 Å². The van der Waals surface area contributed by atoms with Crippen molar-refractivity contribution in [3.05, 3.63) is 0 Å². The van der Waals surface area contributed by atoms with Crippen molar-refractivity contribution < 1.29 is 19.4 Å². The Balaban J connectivity index is 3.98. The quantitative estimate of drug-likeness (QED) is 0.498. The molecule has 0 rings (SSSR count). The van der Waals surface area contributed by atoms with Gasteiger partial charge in [0.2, 0.25) is 5.91 Å². The number of methoxy groups -OCH3 is 1. The van der Waals surface area contributed by atoms with Gasteiger partial charge in [0.1, 0.15) is 6.04 Å². The molecule has 17 heavy (non-hydrogen) atoms. The molecular weight excluding hydrogens is 224 g/mol. The average molecular weight is 246 g/mol. The zero-order valence-corrected chi connectivity index (χ0v) is 10.7. The summed E-state index contributed by atoms with van der Waals surface area (Å²) in [6.45, 7) is 4.46. The number of carboxylic acids is 1. The van der Waals surface area contributed by atoms with E-state index in [9.17, 15) is 9.59 Å². The van der Waals surface area contributed by atoms with Gasteiger partial charge in [-0.25, -0.2) is 4.79 Å². The molecule has 3 N–H and O–H groups in total. The van der Waals surface area contributed by atoms with Gasteiger partial charge < -0.3 is 20.5 Å². The molecule has 100 valence electrons. The van der Waals surface area contributed by atoms with E-state index in [2.05, 4.69) is 10.6 Å². The zero-order valence-electron chi connectivity index (χ0n) is 10.7. The Labute approximate surface area is 102 Å². The van der Waals surface area contributed by atoms with Gasteiger partial charge in [-0.05, 0) is 12.8 Å². The smallest absolute Gasteiger partial charge is 0.326 e. The fourth-order valence-electron chi connectivity index (χ4n) is 1.23. The van der Waals surface area contributed by atoms with Crippen LogP contribution in [-0.2, 0) is 14.3 Å². The number of nitrogens with one attached hydrogen (secondary N) is 2. The van der Waals surface area contributed by atoms with E-state index >= 15 is 0 Å². The Bertz CT molecular complexity index is 244. The molecule has 6 heteroatoms. The number of carbonyl (C=O) groups excluding carboxylic acids is 1. The molecule has 0 aliphatic carbocycles. The van der Waals surface area contributed by atoms with E-state index < -0.39 is 12.0 Å². The van der Waals surface area contributed by atoms with Gasteiger partial charge in [-0.2, -0.15) is 0 Å². The van der Waals surface area contributed by atoms with Crippen molar-refractivity contribution >= 4 is 11.9 Å². The highest BCUT2D eigenvalue weighted by Crippen LogP contribution is 1.98. The minimum Gasteiger partial charge on any atom is -0.480 e. The minimum absolute atomic E-state index is 0.131. The van der Waals surface area contributed by atoms with E-state index in [1.54, 1.807) is 7.11 Å². The van der Waals surface area contributed by atoms with Gasteiger partial charge in [0, 0.05) is 19.8 Å². The van der Waals surface area contributed by atoms with Crippen LogP contribution < -0.4 is 10.6 Å². The van der Waals surface area contributed by atoms with Gasteiger partial charge in [-0.15, -0.1) is 0 Å². The monoisotopic (exact) mass is 246 g/mol. The van der Waals surface area contributed by atoms with Gasteiger partial charge in [0.25, 0.3) is 0 Å². The van der Waals surface area contributed by atoms with Crippen LogP contribution in [0.2, 0.25) is 0 Å². The van der Waals surface area contributed by atoms with Gasteiger partial charge in [-0.1, -0.05) is 13.8 Å². The van der Waals surface area contributed by atoms with Crippen molar-refractivity contribution in [3.63, 3.8) is 0 Å². The van der Waals surface area contributed by atoms with E-state index in [1.165, 1.54) is 0 Å². The summed E-state index contributed by atoms with van der Waals surface area (Å²) in [6.07, 6.45) is 0.974. The highest BCUT2D eigenvalue weighted by molar-refractivity contribution is 5.84. The lowest BCUT2D eigenvalue weighted by molar-refractivity contribution is -0.142. The van der Waals surface area contributed by atoms with Crippen LogP contribution in [0.5, 0.6) is 0 Å². The van der Waals surface area contributed by atoms with Crippen LogP contribution in [0.4, 0.5) is 0 Å². The Morgan fingerprint density at radius 2 is 2.00 bits per heavy atom. The van der Waals surface area contributed by atoms with Crippen molar-refractivity contribution in [3.8, 4) is 0 Å². The van der Waals surface area contributed by atoms with Crippen molar-refractivity contribution in [2.45, 2.75) is 38.8 Å². The number of rotatable bonds is 9. The normalized spacial score (nSPS) is 12.5. The maximum atomic E-state index is 11.4. The summed E-state index contributed by atoms with van der Waals surface area (Å²) in [6, 6.07) is -0.649. The third-order valence-corrected chi connectivity index (χ3v) is 2.15. The lowest BCUT2D eigenvalue weighted by Crippen LogP contribution is -2.45. The molecule has 0 radical (unpaired) electrons. The molecule has 0 heterocycles. The molecule has 0 aromatic carbocycles. The van der Waals surface area contributed by atoms with Gasteiger partial charge >= 0.3 is 5.97 Å². The van der Waals surface area contributed by atoms with E-state index in [4.69, 9.17) is 9.84 Å². The average Bonchev–Trinajstić information content (AvgIpc) is 2.25. The molecule has 0 aromatic rings. The molecule has 0 spiro atoms. The number of hydrogen-bond donors (Lipinski definition) is 3. The van der Waals surface area contributed by atoms with Crippen LogP contribution in [0.25, 0.3) is 0 Å². The second-order valence-electron chi connectivity index (χ2n) is 4.13. The van der Waals surface area contributed by atoms with E-state index in [0.717, 1.165) is 0 Å². The third-order valence-electron chi connectivity index (χ3n) is 2.15. The van der Waals surface area contributed by atoms with Crippen molar-refractivity contribution in [2.75, 3.05) is 20.3 Å². The number of hydrogen-bond acceptors (Lipinski definition) is 4. The van der Waals surface area contributed by atoms with Crippen LogP contribution >= 0.6 is 0 Å². The predicted molar refractivity (Wildman–Crippen MR) is 63.8 cm³/mol. The first-order valence-electron chi connectivity index (χ1n) is 5.71. The molecular formula is C11H22N2O4. The van der Waals surface area contributed by atoms with Gasteiger partial charge in [0.15, 0.2) is 0 Å². The first kappa shape index (κ1) is 15.9. The molecule has 0 aromatic heterocycles. The Kier molecular flexibility index (Phi) is 8.35. The highest BCUT2D eigenvalue weighted by atomic mass is 16.5. The number of carboxylic acid groups (broad SMARTS) is 1. The fourth-order valence-corrected chi connectivity index (χ4v) is 1.23. The summed E-state index contributed by atoms with van der Waals surface area (Å²) >= 11 is 0. The lowest BCUT2D eigenvalue weighted by atomic mass is 10.1. The van der Waals surface area contributed by atoms with E-state index in [-0.39, 0.29) is 18.5 Å². The Morgan fingerprint density at radius 1 is 1.35 bits per heavy atom. The second-order valence-corrected chi connectivity index (χ2v) is 4.13. The number of ether oxygens (including phenoxy) is 1. The van der Waals surface area contributed by atoms with Crippen molar-refractivity contribution in [2.24, 2.45) is 0 Å². The predicted octanol–water partition coefficient (Wildman–Crippen LogP) is -0.0196. The summed E-state index contributed by atoms with van der Waals surface area (Å²) in [7, 11) is 1.56. The molecule has 1 amide bonds. The van der Waals surface area contributed by atoms with Crippen LogP contribution in [-0.4, -0.2) is 49.3 Å². The molecule has 0 fully saturated rings. The molecule has 0 aliphatic heterocycles. The SMILES string of the molecule is COCCCC(NC(=O)CNC(C)C)C(=O)O. The van der Waals surface area contributed by atoms with E-state index in [0.29, 0.717) is 19.4 Å². The number of amides is 1. The number of carbonyl (C=O) groups is 2. The van der Waals surface area contributed by atoms with Crippen LogP contribution in [0, 0.1) is 0 Å². The second kappa shape index (κ2) is 8.95. The van der Waals surface area contributed by atoms with Crippen molar-refractivity contribution in [1.82, 2.24) is 10.6 Å². The summed E-state index contributed by atoms with van der Waals surface area (Å²) < 4.78 is 4.84. The first-order chi connectivity index (χ1) is 7.97. The summed E-state index contributed by atoms with van der Waals surface area (Å²) in [5.74, 6) is -1.32. The summed E-state index contributed by atoms with van der Waals surface area (Å²) in [5.41, 5.74) is 0.